The SMILES string of the molecule is Cc1cnn(CCC(=O)Nc2ccc(F)c(C(F)(F)F)c2)c1. The molecule has 1 N–H and O–H groups in total. The summed E-state index contributed by atoms with van der Waals surface area (Å²) in [5, 5.41) is 6.30. The van der Waals surface area contributed by atoms with Gasteiger partial charge < -0.3 is 5.32 Å². The monoisotopic (exact) mass is 315 g/mol. The Bertz CT molecular complexity index is 679. The Morgan fingerprint density at radius 2 is 2.09 bits per heavy atom. The molecule has 2 aromatic rings. The highest BCUT2D eigenvalue weighted by molar-refractivity contribution is 5.90. The highest BCUT2D eigenvalue weighted by Gasteiger charge is 2.34. The van der Waals surface area contributed by atoms with E-state index in [1.165, 1.54) is 0 Å². The van der Waals surface area contributed by atoms with E-state index in [1.807, 2.05) is 6.92 Å². The van der Waals surface area contributed by atoms with Crippen LogP contribution in [0.4, 0.5) is 23.2 Å². The number of hydrogen-bond donors (Lipinski definition) is 1. The highest BCUT2D eigenvalue weighted by atomic mass is 19.4. The average molecular weight is 315 g/mol. The third-order valence-electron chi connectivity index (χ3n) is 2.89. The van der Waals surface area contributed by atoms with Gasteiger partial charge in [0.25, 0.3) is 0 Å². The molecule has 1 heterocycles. The number of amides is 1. The Morgan fingerprint density at radius 1 is 1.36 bits per heavy atom. The van der Waals surface area contributed by atoms with Crippen LogP contribution in [-0.2, 0) is 17.5 Å². The Labute approximate surface area is 123 Å². The van der Waals surface area contributed by atoms with Gasteiger partial charge in [0.2, 0.25) is 5.91 Å². The number of alkyl halides is 3. The Hall–Kier alpha value is -2.38. The molecule has 4 nitrogen and oxygen atoms in total. The fourth-order valence-corrected chi connectivity index (χ4v) is 1.85. The topological polar surface area (TPSA) is 46.9 Å². The van der Waals surface area contributed by atoms with Crippen molar-refractivity contribution >= 4 is 11.6 Å². The van der Waals surface area contributed by atoms with E-state index in [0.717, 1.165) is 11.6 Å². The second-order valence-electron chi connectivity index (χ2n) is 4.77. The maximum absolute atomic E-state index is 13.1. The number of nitrogens with one attached hydrogen (secondary N) is 1. The molecular weight excluding hydrogens is 302 g/mol. The van der Waals surface area contributed by atoms with Crippen LogP contribution in [0.25, 0.3) is 0 Å². The summed E-state index contributed by atoms with van der Waals surface area (Å²) in [4.78, 5) is 11.7. The number of benzene rings is 1. The first-order chi connectivity index (χ1) is 10.3. The van der Waals surface area contributed by atoms with Gasteiger partial charge in [0.15, 0.2) is 0 Å². The molecular formula is C14H13F4N3O. The van der Waals surface area contributed by atoms with Crippen LogP contribution < -0.4 is 5.32 Å². The van der Waals surface area contributed by atoms with Crippen LogP contribution in [0.5, 0.6) is 0 Å². The van der Waals surface area contributed by atoms with E-state index >= 15 is 0 Å². The largest absolute Gasteiger partial charge is 0.419 e. The number of aryl methyl sites for hydroxylation is 2. The number of carbonyl (C=O) groups is 1. The highest BCUT2D eigenvalue weighted by Crippen LogP contribution is 2.32. The van der Waals surface area contributed by atoms with Gasteiger partial charge in [-0.15, -0.1) is 0 Å². The van der Waals surface area contributed by atoms with Crippen LogP contribution in [0.15, 0.2) is 30.6 Å². The molecule has 0 aliphatic rings. The molecule has 22 heavy (non-hydrogen) atoms. The quantitative estimate of drug-likeness (QED) is 0.879. The van der Waals surface area contributed by atoms with Gasteiger partial charge in [0, 0.05) is 24.8 Å². The second kappa shape index (κ2) is 6.17. The molecule has 0 aliphatic heterocycles. The summed E-state index contributed by atoms with van der Waals surface area (Å²) in [5.41, 5.74) is -0.572. The van der Waals surface area contributed by atoms with E-state index in [1.54, 1.807) is 17.1 Å². The molecule has 0 bridgehead atoms. The van der Waals surface area contributed by atoms with Gasteiger partial charge in [-0.05, 0) is 30.7 Å². The lowest BCUT2D eigenvalue weighted by Crippen LogP contribution is -2.16. The molecule has 118 valence electrons. The Morgan fingerprint density at radius 3 is 2.68 bits per heavy atom. The van der Waals surface area contributed by atoms with Crippen LogP contribution in [0, 0.1) is 12.7 Å². The Kier molecular flexibility index (Phi) is 4.48. The summed E-state index contributed by atoms with van der Waals surface area (Å²) in [5.74, 6) is -1.86. The molecule has 2 rings (SSSR count). The Balaban J connectivity index is 1.99. The number of nitrogens with zero attached hydrogens (tertiary/aromatic N) is 2. The molecule has 8 heteroatoms. The molecule has 0 atom stereocenters. The molecule has 0 saturated carbocycles. The summed E-state index contributed by atoms with van der Waals surface area (Å²) in [7, 11) is 0. The molecule has 1 aromatic heterocycles. The fraction of sp³-hybridized carbons (Fsp3) is 0.286. The van der Waals surface area contributed by atoms with Crippen LogP contribution in [0.1, 0.15) is 17.5 Å². The number of halogens is 4. The second-order valence-corrected chi connectivity index (χ2v) is 4.77. The number of rotatable bonds is 4. The predicted molar refractivity (Wildman–Crippen MR) is 71.6 cm³/mol. The molecule has 0 fully saturated rings. The van der Waals surface area contributed by atoms with Crippen molar-refractivity contribution in [1.29, 1.82) is 0 Å². The summed E-state index contributed by atoms with van der Waals surface area (Å²) in [6.45, 7) is 2.15. The maximum Gasteiger partial charge on any atom is 0.419 e. The molecule has 0 spiro atoms. The zero-order valence-corrected chi connectivity index (χ0v) is 11.6. The van der Waals surface area contributed by atoms with Crippen molar-refractivity contribution in [2.45, 2.75) is 26.1 Å². The van der Waals surface area contributed by atoms with Crippen molar-refractivity contribution < 1.29 is 22.4 Å². The van der Waals surface area contributed by atoms with E-state index in [9.17, 15) is 22.4 Å². The first-order valence-corrected chi connectivity index (χ1v) is 6.41. The zero-order chi connectivity index (χ0) is 16.3. The summed E-state index contributed by atoms with van der Waals surface area (Å²) in [6, 6.07) is 2.33. The van der Waals surface area contributed by atoms with Gasteiger partial charge >= 0.3 is 6.18 Å². The summed E-state index contributed by atoms with van der Waals surface area (Å²) < 4.78 is 52.4. The van der Waals surface area contributed by atoms with E-state index < -0.39 is 23.5 Å². The first-order valence-electron chi connectivity index (χ1n) is 6.41. The average Bonchev–Trinajstić information content (AvgIpc) is 2.83. The minimum atomic E-state index is -4.81. The van der Waals surface area contributed by atoms with Gasteiger partial charge in [0.05, 0.1) is 11.8 Å². The predicted octanol–water partition coefficient (Wildman–Crippen LogP) is 3.38. The first kappa shape index (κ1) is 16.0. The normalized spacial score (nSPS) is 11.5. The van der Waals surface area contributed by atoms with Crippen LogP contribution in [-0.4, -0.2) is 15.7 Å². The molecule has 0 radical (unpaired) electrons. The minimum Gasteiger partial charge on any atom is -0.326 e. The molecule has 0 saturated heterocycles. The lowest BCUT2D eigenvalue weighted by atomic mass is 10.1. The van der Waals surface area contributed by atoms with Crippen molar-refractivity contribution in [2.75, 3.05) is 5.32 Å². The van der Waals surface area contributed by atoms with E-state index in [4.69, 9.17) is 0 Å². The third kappa shape index (κ3) is 4.06. The van der Waals surface area contributed by atoms with Crippen LogP contribution in [0.2, 0.25) is 0 Å². The van der Waals surface area contributed by atoms with Crippen molar-refractivity contribution in [3.8, 4) is 0 Å². The number of aromatic nitrogens is 2. The zero-order valence-electron chi connectivity index (χ0n) is 11.6. The van der Waals surface area contributed by atoms with Gasteiger partial charge in [-0.1, -0.05) is 0 Å². The van der Waals surface area contributed by atoms with Gasteiger partial charge in [-0.25, -0.2) is 4.39 Å². The van der Waals surface area contributed by atoms with Crippen molar-refractivity contribution in [3.63, 3.8) is 0 Å². The van der Waals surface area contributed by atoms with Crippen LogP contribution in [0.3, 0.4) is 0 Å². The maximum atomic E-state index is 13.1. The minimum absolute atomic E-state index is 0.0415. The number of anilines is 1. The molecule has 0 unspecified atom stereocenters. The van der Waals surface area contributed by atoms with Gasteiger partial charge in [-0.3, -0.25) is 9.48 Å². The molecule has 1 aromatic carbocycles. The summed E-state index contributed by atoms with van der Waals surface area (Å²) in [6.07, 6.45) is -1.39. The lowest BCUT2D eigenvalue weighted by molar-refractivity contribution is -0.140. The van der Waals surface area contributed by atoms with Gasteiger partial charge in [0.1, 0.15) is 5.82 Å². The summed E-state index contributed by atoms with van der Waals surface area (Å²) >= 11 is 0. The van der Waals surface area contributed by atoms with Crippen molar-refractivity contribution in [3.05, 3.63) is 47.5 Å². The van der Waals surface area contributed by atoms with Crippen molar-refractivity contribution in [1.82, 2.24) is 9.78 Å². The van der Waals surface area contributed by atoms with E-state index in [2.05, 4.69) is 10.4 Å². The molecule has 1 amide bonds. The fourth-order valence-electron chi connectivity index (χ4n) is 1.85. The van der Waals surface area contributed by atoms with Gasteiger partial charge in [-0.2, -0.15) is 18.3 Å². The lowest BCUT2D eigenvalue weighted by Gasteiger charge is -2.11. The van der Waals surface area contributed by atoms with E-state index in [-0.39, 0.29) is 12.1 Å². The smallest absolute Gasteiger partial charge is 0.326 e. The number of hydrogen-bond acceptors (Lipinski definition) is 2. The van der Waals surface area contributed by atoms with Crippen LogP contribution >= 0.6 is 0 Å². The third-order valence-corrected chi connectivity index (χ3v) is 2.89. The molecule has 0 aliphatic carbocycles. The van der Waals surface area contributed by atoms with E-state index in [0.29, 0.717) is 18.7 Å². The standard InChI is InChI=1S/C14H13F4N3O/c1-9-7-19-21(8-9)5-4-13(22)20-10-2-3-12(15)11(6-10)14(16,17)18/h2-3,6-8H,4-5H2,1H3,(H,20,22). The number of carbonyl (C=O) groups excluding carboxylic acids is 1. The van der Waals surface area contributed by atoms with Crippen molar-refractivity contribution in [2.24, 2.45) is 0 Å².